The lowest BCUT2D eigenvalue weighted by Gasteiger charge is -2.34. The predicted octanol–water partition coefficient (Wildman–Crippen LogP) is 5.11. The molecule has 1 N–H and O–H groups in total. The van der Waals surface area contributed by atoms with Crippen LogP contribution in [0.4, 0.5) is 10.1 Å². The van der Waals surface area contributed by atoms with E-state index in [2.05, 4.69) is 23.5 Å². The molecule has 0 bridgehead atoms. The zero-order valence-corrected chi connectivity index (χ0v) is 14.8. The minimum Gasteiger partial charge on any atom is -0.358 e. The number of fused-ring (bicyclic) bond motifs is 3. The standard InChI is InChI=1S/C22H16FNOS/c23-16-8-4-3-7-15(16)21-20-14-6-2-1-5-13(14)9-10-17(20)24-18-11-26-12-19(25)22(18)21/h1-10,21,24H,11-12H2. The third kappa shape index (κ3) is 2.29. The van der Waals surface area contributed by atoms with Crippen LogP contribution in [0, 0.1) is 5.82 Å². The van der Waals surface area contributed by atoms with Crippen molar-refractivity contribution in [3.8, 4) is 0 Å². The number of carbonyl (C=O) groups is 1. The fourth-order valence-electron chi connectivity index (χ4n) is 4.05. The summed E-state index contributed by atoms with van der Waals surface area (Å²) in [6.07, 6.45) is 0. The van der Waals surface area contributed by atoms with Gasteiger partial charge in [-0.1, -0.05) is 48.5 Å². The molecule has 3 aromatic rings. The molecule has 5 rings (SSSR count). The summed E-state index contributed by atoms with van der Waals surface area (Å²) < 4.78 is 14.8. The van der Waals surface area contributed by atoms with Gasteiger partial charge in [0.05, 0.1) is 5.75 Å². The van der Waals surface area contributed by atoms with Crippen molar-refractivity contribution in [1.29, 1.82) is 0 Å². The van der Waals surface area contributed by atoms with E-state index in [1.54, 1.807) is 23.9 Å². The molecule has 2 nitrogen and oxygen atoms in total. The molecule has 0 aliphatic carbocycles. The van der Waals surface area contributed by atoms with Crippen LogP contribution in [0.2, 0.25) is 0 Å². The molecule has 2 aliphatic rings. The van der Waals surface area contributed by atoms with Crippen LogP contribution in [0.3, 0.4) is 0 Å². The summed E-state index contributed by atoms with van der Waals surface area (Å²) in [4.78, 5) is 12.8. The Bertz CT molecular complexity index is 1090. The number of thioether (sulfide) groups is 1. The third-order valence-corrected chi connectivity index (χ3v) is 6.11. The summed E-state index contributed by atoms with van der Waals surface area (Å²) in [5.41, 5.74) is 4.16. The van der Waals surface area contributed by atoms with Gasteiger partial charge in [-0.3, -0.25) is 4.79 Å². The Kier molecular flexibility index (Phi) is 3.61. The number of halogens is 1. The van der Waals surface area contributed by atoms with Crippen molar-refractivity contribution < 1.29 is 9.18 Å². The van der Waals surface area contributed by atoms with E-state index in [1.807, 2.05) is 24.3 Å². The second-order valence-corrected chi connectivity index (χ2v) is 7.62. The van der Waals surface area contributed by atoms with Gasteiger partial charge in [0.25, 0.3) is 0 Å². The van der Waals surface area contributed by atoms with Crippen molar-refractivity contribution in [2.24, 2.45) is 0 Å². The van der Waals surface area contributed by atoms with Gasteiger partial charge < -0.3 is 5.32 Å². The molecule has 0 spiro atoms. The quantitative estimate of drug-likeness (QED) is 0.653. The Labute approximate surface area is 155 Å². The van der Waals surface area contributed by atoms with E-state index in [0.29, 0.717) is 11.3 Å². The molecule has 0 saturated carbocycles. The fraction of sp³-hybridized carbons (Fsp3) is 0.136. The van der Waals surface area contributed by atoms with E-state index in [9.17, 15) is 9.18 Å². The second-order valence-electron chi connectivity index (χ2n) is 6.64. The molecular formula is C22H16FNOS. The van der Waals surface area contributed by atoms with Crippen molar-refractivity contribution in [2.75, 3.05) is 16.8 Å². The van der Waals surface area contributed by atoms with Crippen LogP contribution >= 0.6 is 11.8 Å². The number of nitrogens with one attached hydrogen (secondary N) is 1. The van der Waals surface area contributed by atoms with E-state index in [4.69, 9.17) is 0 Å². The lowest BCUT2D eigenvalue weighted by atomic mass is 9.77. The molecule has 0 fully saturated rings. The average molecular weight is 361 g/mol. The van der Waals surface area contributed by atoms with Gasteiger partial charge >= 0.3 is 0 Å². The first-order valence-corrected chi connectivity index (χ1v) is 9.76. The summed E-state index contributed by atoms with van der Waals surface area (Å²) in [5.74, 6) is 0.651. The zero-order valence-electron chi connectivity index (χ0n) is 14.0. The van der Waals surface area contributed by atoms with Gasteiger partial charge in [-0.15, -0.1) is 11.8 Å². The number of carbonyl (C=O) groups excluding carboxylic acids is 1. The van der Waals surface area contributed by atoms with Gasteiger partial charge in [0.2, 0.25) is 0 Å². The SMILES string of the molecule is O=C1CSCC2=C1C(c1ccccc1F)c1c(ccc3ccccc13)N2. The molecule has 0 amide bonds. The lowest BCUT2D eigenvalue weighted by Crippen LogP contribution is -2.29. The van der Waals surface area contributed by atoms with Gasteiger partial charge in [-0.05, 0) is 28.5 Å². The molecule has 2 heterocycles. The van der Waals surface area contributed by atoms with Crippen LogP contribution in [0.15, 0.2) is 71.9 Å². The van der Waals surface area contributed by atoms with Gasteiger partial charge in [0, 0.05) is 34.2 Å². The highest BCUT2D eigenvalue weighted by Gasteiger charge is 2.37. The summed E-state index contributed by atoms with van der Waals surface area (Å²) in [6.45, 7) is 0. The lowest BCUT2D eigenvalue weighted by molar-refractivity contribution is -0.113. The summed E-state index contributed by atoms with van der Waals surface area (Å²) in [6, 6.07) is 19.0. The molecular weight excluding hydrogens is 345 g/mol. The second kappa shape index (κ2) is 5.99. The largest absolute Gasteiger partial charge is 0.358 e. The minimum atomic E-state index is -0.373. The third-order valence-electron chi connectivity index (χ3n) is 5.15. The molecule has 26 heavy (non-hydrogen) atoms. The van der Waals surface area contributed by atoms with Crippen LogP contribution in [0.25, 0.3) is 10.8 Å². The number of allylic oxidation sites excluding steroid dienone is 1. The normalized spacial score (nSPS) is 19.1. The first kappa shape index (κ1) is 15.6. The van der Waals surface area contributed by atoms with Crippen LogP contribution in [-0.4, -0.2) is 17.3 Å². The van der Waals surface area contributed by atoms with Crippen molar-refractivity contribution in [3.05, 3.63) is 88.9 Å². The van der Waals surface area contributed by atoms with E-state index < -0.39 is 0 Å². The Hall–Kier alpha value is -2.59. The van der Waals surface area contributed by atoms with Crippen molar-refractivity contribution >= 4 is 34.0 Å². The van der Waals surface area contributed by atoms with Gasteiger partial charge in [0.15, 0.2) is 5.78 Å². The van der Waals surface area contributed by atoms with Gasteiger partial charge in [-0.25, -0.2) is 4.39 Å². The maximum absolute atomic E-state index is 14.8. The van der Waals surface area contributed by atoms with Crippen LogP contribution in [0.1, 0.15) is 17.0 Å². The van der Waals surface area contributed by atoms with E-state index in [1.165, 1.54) is 6.07 Å². The van der Waals surface area contributed by atoms with Gasteiger partial charge in [0.1, 0.15) is 5.82 Å². The fourth-order valence-corrected chi connectivity index (χ4v) is 4.93. The molecule has 0 saturated heterocycles. The molecule has 0 aromatic heterocycles. The van der Waals surface area contributed by atoms with Crippen LogP contribution < -0.4 is 5.32 Å². The first-order chi connectivity index (χ1) is 12.7. The number of ketones is 1. The molecule has 0 radical (unpaired) electrons. The average Bonchev–Trinajstić information content (AvgIpc) is 2.67. The zero-order chi connectivity index (χ0) is 17.7. The number of Topliss-reactive ketones (excluding diaryl/α,β-unsaturated/α-hetero) is 1. The topological polar surface area (TPSA) is 29.1 Å². The van der Waals surface area contributed by atoms with E-state index in [0.717, 1.165) is 39.0 Å². The summed E-state index contributed by atoms with van der Waals surface area (Å²) in [5, 5.41) is 5.61. The summed E-state index contributed by atoms with van der Waals surface area (Å²) >= 11 is 1.60. The molecule has 1 atom stereocenters. The van der Waals surface area contributed by atoms with Crippen molar-refractivity contribution in [1.82, 2.24) is 0 Å². The minimum absolute atomic E-state index is 0.0931. The predicted molar refractivity (Wildman–Crippen MR) is 105 cm³/mol. The summed E-state index contributed by atoms with van der Waals surface area (Å²) in [7, 11) is 0. The van der Waals surface area contributed by atoms with Crippen LogP contribution in [-0.2, 0) is 4.79 Å². The maximum atomic E-state index is 14.8. The highest BCUT2D eigenvalue weighted by atomic mass is 32.2. The molecule has 128 valence electrons. The highest BCUT2D eigenvalue weighted by molar-refractivity contribution is 8.00. The Morgan fingerprint density at radius 3 is 2.65 bits per heavy atom. The van der Waals surface area contributed by atoms with Gasteiger partial charge in [-0.2, -0.15) is 0 Å². The Balaban J connectivity index is 1.87. The highest BCUT2D eigenvalue weighted by Crippen LogP contribution is 2.47. The van der Waals surface area contributed by atoms with Crippen molar-refractivity contribution in [3.63, 3.8) is 0 Å². The Morgan fingerprint density at radius 2 is 1.77 bits per heavy atom. The smallest absolute Gasteiger partial charge is 0.171 e. The molecule has 1 unspecified atom stereocenters. The number of anilines is 1. The first-order valence-electron chi connectivity index (χ1n) is 8.61. The Morgan fingerprint density at radius 1 is 0.962 bits per heavy atom. The molecule has 3 aromatic carbocycles. The van der Waals surface area contributed by atoms with E-state index in [-0.39, 0.29) is 17.5 Å². The molecule has 4 heteroatoms. The number of hydrogen-bond acceptors (Lipinski definition) is 3. The number of rotatable bonds is 1. The van der Waals surface area contributed by atoms with Crippen molar-refractivity contribution in [2.45, 2.75) is 5.92 Å². The van der Waals surface area contributed by atoms with Crippen LogP contribution in [0.5, 0.6) is 0 Å². The number of hydrogen-bond donors (Lipinski definition) is 1. The number of benzene rings is 3. The maximum Gasteiger partial charge on any atom is 0.171 e. The van der Waals surface area contributed by atoms with E-state index >= 15 is 0 Å². The molecule has 2 aliphatic heterocycles. The monoisotopic (exact) mass is 361 g/mol.